The Morgan fingerprint density at radius 2 is 2.13 bits per heavy atom. The summed E-state index contributed by atoms with van der Waals surface area (Å²) in [5.41, 5.74) is -0.0223. The van der Waals surface area contributed by atoms with E-state index in [2.05, 4.69) is 15.1 Å². The standard InChI is InChI=1S/C14H17N3O5S/c1-8(23-13-14(19)22-16-17(13)2)12(18)15-10-7-9(20-3)5-6-11(10)21-4/h5-8H,1-4H3,(H-,15,16,18,19)/p+1. The SMILES string of the molecule is COc1ccc(OC)c(NC(=O)C(C)Sc2c(=O)o[nH][n+]2C)c1. The number of nitrogens with zero attached hydrogens (tertiary/aromatic N) is 1. The molecule has 1 aromatic carbocycles. The number of benzene rings is 1. The van der Waals surface area contributed by atoms with E-state index in [9.17, 15) is 9.59 Å². The van der Waals surface area contributed by atoms with Crippen LogP contribution in [0.4, 0.5) is 5.69 Å². The molecule has 2 N–H and O–H groups in total. The molecule has 1 unspecified atom stereocenters. The van der Waals surface area contributed by atoms with Gasteiger partial charge < -0.3 is 14.8 Å². The lowest BCUT2D eigenvalue weighted by Crippen LogP contribution is -2.35. The van der Waals surface area contributed by atoms with Crippen molar-refractivity contribution in [2.75, 3.05) is 19.5 Å². The van der Waals surface area contributed by atoms with Crippen LogP contribution in [0.25, 0.3) is 0 Å². The molecule has 0 radical (unpaired) electrons. The van der Waals surface area contributed by atoms with E-state index in [1.807, 2.05) is 0 Å². The second-order valence-corrected chi connectivity index (χ2v) is 5.99. The van der Waals surface area contributed by atoms with E-state index in [0.717, 1.165) is 11.8 Å². The minimum atomic E-state index is -0.518. The number of carbonyl (C=O) groups is 1. The number of H-pyrrole nitrogens is 1. The second-order valence-electron chi connectivity index (χ2n) is 4.66. The number of nitrogens with one attached hydrogen (secondary N) is 2. The third-order valence-electron chi connectivity index (χ3n) is 3.08. The smallest absolute Gasteiger partial charge is 0.441 e. The highest BCUT2D eigenvalue weighted by molar-refractivity contribution is 8.00. The number of hydrogen-bond donors (Lipinski definition) is 2. The molecule has 2 rings (SSSR count). The Kier molecular flexibility index (Phi) is 5.32. The summed E-state index contributed by atoms with van der Waals surface area (Å²) in [6.45, 7) is 1.69. The van der Waals surface area contributed by atoms with Gasteiger partial charge in [0, 0.05) is 6.07 Å². The Morgan fingerprint density at radius 3 is 2.70 bits per heavy atom. The number of hydrogen-bond acceptors (Lipinski definition) is 6. The number of anilines is 1. The van der Waals surface area contributed by atoms with Gasteiger partial charge in [-0.15, -0.1) is 0 Å². The number of thioether (sulfide) groups is 1. The normalized spacial score (nSPS) is 11.8. The quantitative estimate of drug-likeness (QED) is 0.600. The van der Waals surface area contributed by atoms with Gasteiger partial charge in [0.05, 0.1) is 25.2 Å². The fourth-order valence-corrected chi connectivity index (χ4v) is 2.66. The molecule has 0 aliphatic rings. The maximum absolute atomic E-state index is 12.3. The first-order chi connectivity index (χ1) is 11.0. The first-order valence-corrected chi connectivity index (χ1v) is 7.61. The summed E-state index contributed by atoms with van der Waals surface area (Å²) in [5, 5.41) is 4.97. The van der Waals surface area contributed by atoms with Crippen LogP contribution in [0.15, 0.2) is 32.5 Å². The highest BCUT2D eigenvalue weighted by Gasteiger charge is 2.25. The van der Waals surface area contributed by atoms with E-state index < -0.39 is 10.9 Å². The van der Waals surface area contributed by atoms with Gasteiger partial charge in [0.15, 0.2) is 7.05 Å². The van der Waals surface area contributed by atoms with Gasteiger partial charge in [0.25, 0.3) is 0 Å². The van der Waals surface area contributed by atoms with Crippen molar-refractivity contribution in [2.45, 2.75) is 17.2 Å². The summed E-state index contributed by atoms with van der Waals surface area (Å²) in [5.74, 6) is 0.837. The second kappa shape index (κ2) is 7.23. The van der Waals surface area contributed by atoms with Crippen molar-refractivity contribution >= 4 is 23.4 Å². The largest absolute Gasteiger partial charge is 0.497 e. The van der Waals surface area contributed by atoms with Crippen LogP contribution in [0, 0.1) is 0 Å². The fraction of sp³-hybridized carbons (Fsp3) is 0.357. The van der Waals surface area contributed by atoms with E-state index in [0.29, 0.717) is 22.2 Å². The average molecular weight is 340 g/mol. The Labute approximate surface area is 136 Å². The molecule has 0 bridgehead atoms. The summed E-state index contributed by atoms with van der Waals surface area (Å²) >= 11 is 1.10. The molecule has 23 heavy (non-hydrogen) atoms. The summed E-state index contributed by atoms with van der Waals surface area (Å²) < 4.78 is 16.4. The van der Waals surface area contributed by atoms with Crippen molar-refractivity contribution in [2.24, 2.45) is 7.05 Å². The Morgan fingerprint density at radius 1 is 1.39 bits per heavy atom. The number of aryl methyl sites for hydroxylation is 1. The number of amides is 1. The van der Waals surface area contributed by atoms with E-state index in [4.69, 9.17) is 9.47 Å². The van der Waals surface area contributed by atoms with E-state index >= 15 is 0 Å². The molecule has 0 saturated heterocycles. The van der Waals surface area contributed by atoms with Crippen molar-refractivity contribution in [1.29, 1.82) is 0 Å². The molecule has 0 saturated carbocycles. The van der Waals surface area contributed by atoms with E-state index in [-0.39, 0.29) is 5.91 Å². The van der Waals surface area contributed by atoms with Crippen molar-refractivity contribution in [1.82, 2.24) is 5.27 Å². The average Bonchev–Trinajstić information content (AvgIpc) is 2.86. The van der Waals surface area contributed by atoms with Crippen molar-refractivity contribution in [3.05, 3.63) is 28.6 Å². The van der Waals surface area contributed by atoms with Gasteiger partial charge in [-0.05, 0) is 36.1 Å². The molecule has 0 aliphatic carbocycles. The summed E-state index contributed by atoms with van der Waals surface area (Å²) in [4.78, 5) is 23.9. The number of aromatic nitrogens is 2. The van der Waals surface area contributed by atoms with Gasteiger partial charge in [0.1, 0.15) is 11.5 Å². The van der Waals surface area contributed by atoms with Crippen molar-refractivity contribution in [3.63, 3.8) is 0 Å². The van der Waals surface area contributed by atoms with Crippen LogP contribution >= 0.6 is 11.8 Å². The van der Waals surface area contributed by atoms with Crippen LogP contribution < -0.4 is 25.1 Å². The summed E-state index contributed by atoms with van der Waals surface area (Å²) in [6, 6.07) is 5.10. The topological polar surface area (TPSA) is 97.4 Å². The molecular weight excluding hydrogens is 322 g/mol. The predicted octanol–water partition coefficient (Wildman–Crippen LogP) is 0.929. The van der Waals surface area contributed by atoms with Crippen LogP contribution in [0.2, 0.25) is 0 Å². The maximum atomic E-state index is 12.3. The molecule has 0 fully saturated rings. The molecule has 2 aromatic rings. The zero-order chi connectivity index (χ0) is 17.0. The molecule has 1 amide bonds. The van der Waals surface area contributed by atoms with Gasteiger partial charge >= 0.3 is 10.7 Å². The molecule has 8 nitrogen and oxygen atoms in total. The first kappa shape index (κ1) is 16.9. The highest BCUT2D eigenvalue weighted by Crippen LogP contribution is 2.29. The zero-order valence-electron chi connectivity index (χ0n) is 13.2. The Hall–Kier alpha value is -2.42. The minimum Gasteiger partial charge on any atom is -0.497 e. The summed E-state index contributed by atoms with van der Waals surface area (Å²) in [6.07, 6.45) is 0. The predicted molar refractivity (Wildman–Crippen MR) is 84.0 cm³/mol. The van der Waals surface area contributed by atoms with Crippen LogP contribution in [0.5, 0.6) is 11.5 Å². The van der Waals surface area contributed by atoms with Gasteiger partial charge in [0.2, 0.25) is 5.91 Å². The first-order valence-electron chi connectivity index (χ1n) is 6.73. The number of ether oxygens (including phenoxy) is 2. The molecule has 1 atom stereocenters. The molecule has 124 valence electrons. The molecular formula is C14H18N3O5S+. The summed E-state index contributed by atoms with van der Waals surface area (Å²) in [7, 11) is 4.68. The highest BCUT2D eigenvalue weighted by atomic mass is 32.2. The maximum Gasteiger partial charge on any atom is 0.441 e. The minimum absolute atomic E-state index is 0.276. The van der Waals surface area contributed by atoms with Crippen LogP contribution in [-0.4, -0.2) is 30.6 Å². The Bertz CT molecular complexity index is 755. The number of aromatic amines is 1. The lowest BCUT2D eigenvalue weighted by molar-refractivity contribution is -0.772. The molecule has 1 heterocycles. The lowest BCUT2D eigenvalue weighted by atomic mass is 10.2. The van der Waals surface area contributed by atoms with Crippen LogP contribution in [-0.2, 0) is 11.8 Å². The van der Waals surface area contributed by atoms with E-state index in [1.54, 1.807) is 32.2 Å². The number of rotatable bonds is 6. The van der Waals surface area contributed by atoms with Gasteiger partial charge in [-0.2, -0.15) is 0 Å². The molecule has 0 spiro atoms. The number of methoxy groups -OCH3 is 2. The zero-order valence-corrected chi connectivity index (χ0v) is 14.0. The van der Waals surface area contributed by atoms with Gasteiger partial charge in [-0.1, -0.05) is 4.68 Å². The van der Waals surface area contributed by atoms with Gasteiger partial charge in [-0.3, -0.25) is 9.32 Å². The number of carbonyl (C=O) groups excluding carboxylic acids is 1. The molecule has 1 aromatic heterocycles. The van der Waals surface area contributed by atoms with Crippen molar-refractivity contribution < 1.29 is 23.5 Å². The van der Waals surface area contributed by atoms with Crippen LogP contribution in [0.3, 0.4) is 0 Å². The van der Waals surface area contributed by atoms with E-state index in [1.165, 1.54) is 18.9 Å². The Balaban J connectivity index is 2.13. The third-order valence-corrected chi connectivity index (χ3v) is 4.31. The lowest BCUT2D eigenvalue weighted by Gasteiger charge is -2.13. The molecule has 0 aliphatic heterocycles. The van der Waals surface area contributed by atoms with Crippen LogP contribution in [0.1, 0.15) is 6.92 Å². The van der Waals surface area contributed by atoms with Crippen molar-refractivity contribution in [3.8, 4) is 11.5 Å². The fourth-order valence-electron chi connectivity index (χ4n) is 1.83. The monoisotopic (exact) mass is 340 g/mol. The van der Waals surface area contributed by atoms with Gasteiger partial charge in [-0.25, -0.2) is 4.79 Å². The molecule has 9 heteroatoms. The third kappa shape index (κ3) is 3.86.